The number of nitrogen functional groups attached to an aromatic ring is 1. The summed E-state index contributed by atoms with van der Waals surface area (Å²) in [7, 11) is 0. The normalized spacial score (nSPS) is 17.4. The highest BCUT2D eigenvalue weighted by Gasteiger charge is 2.23. The van der Waals surface area contributed by atoms with Gasteiger partial charge in [-0.15, -0.1) is 0 Å². The number of pyridine rings is 1. The van der Waals surface area contributed by atoms with E-state index in [4.69, 9.17) is 5.73 Å². The van der Waals surface area contributed by atoms with E-state index in [2.05, 4.69) is 23.3 Å². The van der Waals surface area contributed by atoms with Gasteiger partial charge < -0.3 is 11.1 Å². The number of benzene rings is 1. The maximum Gasteiger partial charge on any atom is 0.126 e. The van der Waals surface area contributed by atoms with Gasteiger partial charge in [-0.3, -0.25) is 0 Å². The Morgan fingerprint density at radius 2 is 2.11 bits per heavy atom. The molecule has 1 aliphatic rings. The van der Waals surface area contributed by atoms with Gasteiger partial charge in [0.2, 0.25) is 0 Å². The van der Waals surface area contributed by atoms with E-state index in [0.717, 1.165) is 28.3 Å². The number of nitrogens with two attached hydrogens (primary N) is 1. The van der Waals surface area contributed by atoms with Gasteiger partial charge in [0, 0.05) is 17.1 Å². The summed E-state index contributed by atoms with van der Waals surface area (Å²) in [6.07, 6.45) is 4.07. The maximum atomic E-state index is 5.76. The summed E-state index contributed by atoms with van der Waals surface area (Å²) in [5.41, 5.74) is 7.55. The summed E-state index contributed by atoms with van der Waals surface area (Å²) < 4.78 is 0. The van der Waals surface area contributed by atoms with Crippen molar-refractivity contribution in [1.29, 1.82) is 0 Å². The lowest BCUT2D eigenvalue weighted by molar-refractivity contribution is 0.285. The lowest BCUT2D eigenvalue weighted by Crippen LogP contribution is -2.31. The summed E-state index contributed by atoms with van der Waals surface area (Å²) in [5, 5.41) is 4.60. The topological polar surface area (TPSA) is 50.9 Å². The molecular weight excluding hydrogens is 222 g/mol. The van der Waals surface area contributed by atoms with Gasteiger partial charge in [0.15, 0.2) is 0 Å². The Morgan fingerprint density at radius 3 is 2.83 bits per heavy atom. The minimum atomic E-state index is 0.512. The van der Waals surface area contributed by atoms with Crippen molar-refractivity contribution in [3.63, 3.8) is 0 Å². The van der Waals surface area contributed by atoms with Crippen molar-refractivity contribution in [2.24, 2.45) is 5.92 Å². The fraction of sp³-hybridized carbons (Fsp3) is 0.400. The standard InChI is InChI=1S/C15H19N3/c1-10(11-3-2-4-11)17-15-8-5-12-9-13(16)6-7-14(12)18-15/h5-11H,2-4,16H2,1H3,(H,17,18). The molecule has 1 aromatic heterocycles. The van der Waals surface area contributed by atoms with Crippen molar-refractivity contribution in [3.8, 4) is 0 Å². The third-order valence-electron chi connectivity index (χ3n) is 3.95. The Hall–Kier alpha value is -1.77. The van der Waals surface area contributed by atoms with Crippen LogP contribution >= 0.6 is 0 Å². The number of hydrogen-bond donors (Lipinski definition) is 2. The van der Waals surface area contributed by atoms with Crippen molar-refractivity contribution >= 4 is 22.4 Å². The minimum Gasteiger partial charge on any atom is -0.399 e. The first kappa shape index (κ1) is 11.3. The van der Waals surface area contributed by atoms with Gasteiger partial charge in [0.1, 0.15) is 5.82 Å². The van der Waals surface area contributed by atoms with E-state index < -0.39 is 0 Å². The molecular formula is C15H19N3. The molecule has 3 N–H and O–H groups in total. The van der Waals surface area contributed by atoms with Gasteiger partial charge in [-0.2, -0.15) is 0 Å². The van der Waals surface area contributed by atoms with Crippen LogP contribution in [0.1, 0.15) is 26.2 Å². The molecule has 1 saturated carbocycles. The molecule has 1 atom stereocenters. The monoisotopic (exact) mass is 241 g/mol. The highest BCUT2D eigenvalue weighted by Crippen LogP contribution is 2.31. The third-order valence-corrected chi connectivity index (χ3v) is 3.95. The van der Waals surface area contributed by atoms with Crippen LogP contribution in [0.15, 0.2) is 30.3 Å². The van der Waals surface area contributed by atoms with Gasteiger partial charge in [0.25, 0.3) is 0 Å². The van der Waals surface area contributed by atoms with Crippen molar-refractivity contribution < 1.29 is 0 Å². The van der Waals surface area contributed by atoms with Crippen LogP contribution in [0.4, 0.5) is 11.5 Å². The molecule has 1 fully saturated rings. The van der Waals surface area contributed by atoms with Gasteiger partial charge in [-0.1, -0.05) is 6.42 Å². The van der Waals surface area contributed by atoms with Crippen LogP contribution in [0.2, 0.25) is 0 Å². The van der Waals surface area contributed by atoms with E-state index in [1.807, 2.05) is 24.3 Å². The first-order valence-electron chi connectivity index (χ1n) is 6.65. The lowest BCUT2D eigenvalue weighted by Gasteiger charge is -2.32. The van der Waals surface area contributed by atoms with Gasteiger partial charge >= 0.3 is 0 Å². The summed E-state index contributed by atoms with van der Waals surface area (Å²) in [4.78, 5) is 4.63. The molecule has 2 aromatic rings. The van der Waals surface area contributed by atoms with E-state index in [0.29, 0.717) is 6.04 Å². The van der Waals surface area contributed by atoms with E-state index in [1.165, 1.54) is 19.3 Å². The van der Waals surface area contributed by atoms with Crippen LogP contribution in [-0.4, -0.2) is 11.0 Å². The van der Waals surface area contributed by atoms with Crippen LogP contribution in [0.5, 0.6) is 0 Å². The number of fused-ring (bicyclic) bond motifs is 1. The quantitative estimate of drug-likeness (QED) is 0.809. The van der Waals surface area contributed by atoms with E-state index in [1.54, 1.807) is 0 Å². The van der Waals surface area contributed by atoms with Crippen LogP contribution < -0.4 is 11.1 Å². The molecule has 94 valence electrons. The predicted octanol–water partition coefficient (Wildman–Crippen LogP) is 3.42. The van der Waals surface area contributed by atoms with E-state index in [9.17, 15) is 0 Å². The zero-order chi connectivity index (χ0) is 12.5. The Labute approximate surface area is 107 Å². The molecule has 3 rings (SSSR count). The minimum absolute atomic E-state index is 0.512. The number of nitrogens with zero attached hydrogens (tertiary/aromatic N) is 1. The number of aromatic nitrogens is 1. The van der Waals surface area contributed by atoms with Crippen molar-refractivity contribution in [2.45, 2.75) is 32.2 Å². The SMILES string of the molecule is CC(Nc1ccc2cc(N)ccc2n1)C1CCC1. The first-order chi connectivity index (χ1) is 8.72. The molecule has 1 unspecified atom stereocenters. The average molecular weight is 241 g/mol. The lowest BCUT2D eigenvalue weighted by atomic mass is 9.80. The zero-order valence-corrected chi connectivity index (χ0v) is 10.7. The second kappa shape index (κ2) is 4.48. The highest BCUT2D eigenvalue weighted by molar-refractivity contribution is 5.83. The Bertz CT molecular complexity index is 561. The largest absolute Gasteiger partial charge is 0.399 e. The van der Waals surface area contributed by atoms with Crippen LogP contribution in [-0.2, 0) is 0 Å². The number of nitrogens with one attached hydrogen (secondary N) is 1. The molecule has 18 heavy (non-hydrogen) atoms. The van der Waals surface area contributed by atoms with Crippen molar-refractivity contribution in [1.82, 2.24) is 4.98 Å². The van der Waals surface area contributed by atoms with Gasteiger partial charge in [-0.25, -0.2) is 4.98 Å². The van der Waals surface area contributed by atoms with Crippen LogP contribution in [0.3, 0.4) is 0 Å². The molecule has 0 saturated heterocycles. The van der Waals surface area contributed by atoms with Crippen LogP contribution in [0.25, 0.3) is 10.9 Å². The molecule has 1 aliphatic carbocycles. The Morgan fingerprint density at radius 1 is 1.28 bits per heavy atom. The van der Waals surface area contributed by atoms with Crippen molar-refractivity contribution in [2.75, 3.05) is 11.1 Å². The summed E-state index contributed by atoms with van der Waals surface area (Å²) >= 11 is 0. The van der Waals surface area contributed by atoms with Crippen LogP contribution in [0, 0.1) is 5.92 Å². The molecule has 0 amide bonds. The Balaban J connectivity index is 1.82. The molecule has 3 nitrogen and oxygen atoms in total. The zero-order valence-electron chi connectivity index (χ0n) is 10.7. The van der Waals surface area contributed by atoms with E-state index in [-0.39, 0.29) is 0 Å². The smallest absolute Gasteiger partial charge is 0.126 e. The van der Waals surface area contributed by atoms with Gasteiger partial charge in [0.05, 0.1) is 5.52 Å². The fourth-order valence-electron chi connectivity index (χ4n) is 2.52. The molecule has 0 spiro atoms. The summed E-state index contributed by atoms with van der Waals surface area (Å²) in [6, 6.07) is 10.5. The molecule has 1 heterocycles. The third kappa shape index (κ3) is 2.13. The average Bonchev–Trinajstić information content (AvgIpc) is 2.27. The maximum absolute atomic E-state index is 5.76. The second-order valence-electron chi connectivity index (χ2n) is 5.27. The molecule has 0 bridgehead atoms. The fourth-order valence-corrected chi connectivity index (χ4v) is 2.52. The predicted molar refractivity (Wildman–Crippen MR) is 76.6 cm³/mol. The van der Waals surface area contributed by atoms with Gasteiger partial charge in [-0.05, 0) is 56.0 Å². The molecule has 1 aromatic carbocycles. The summed E-state index contributed by atoms with van der Waals surface area (Å²) in [5.74, 6) is 1.78. The number of anilines is 2. The summed E-state index contributed by atoms with van der Waals surface area (Å²) in [6.45, 7) is 2.25. The Kier molecular flexibility index (Phi) is 2.82. The highest BCUT2D eigenvalue weighted by atomic mass is 15.0. The van der Waals surface area contributed by atoms with Crippen molar-refractivity contribution in [3.05, 3.63) is 30.3 Å². The molecule has 0 aliphatic heterocycles. The van der Waals surface area contributed by atoms with E-state index >= 15 is 0 Å². The first-order valence-corrected chi connectivity index (χ1v) is 6.65. The second-order valence-corrected chi connectivity index (χ2v) is 5.27. The molecule has 0 radical (unpaired) electrons. The number of hydrogen-bond acceptors (Lipinski definition) is 3. The number of rotatable bonds is 3. The molecule has 3 heteroatoms.